The molecule has 0 unspecified atom stereocenters. The number of hydrogen-bond acceptors (Lipinski definition) is 1. The second kappa shape index (κ2) is 17.9. The first-order chi connectivity index (χ1) is 36.7. The summed E-state index contributed by atoms with van der Waals surface area (Å²) in [5.74, 6) is 0. The third-order valence-electron chi connectivity index (χ3n) is 15.5. The molecule has 0 N–H and O–H groups in total. The number of benzene rings is 13. The average Bonchev–Trinajstić information content (AvgIpc) is 3.81. The number of nitrogens with zero attached hydrogens (tertiary/aromatic N) is 1. The highest BCUT2D eigenvalue weighted by Gasteiger charge is 2.47. The first-order valence-corrected chi connectivity index (χ1v) is 25.7. The molecule has 0 radical (unpaired) electrons. The number of rotatable bonds is 9. The second-order valence-electron chi connectivity index (χ2n) is 19.5. The highest BCUT2D eigenvalue weighted by Crippen LogP contribution is 2.59. The standard InChI is InChI=1S/C73H49N/c1-6-23-50(24-7-1)54-41-43-64-65-44-42-59(49-70(65)73(69(64)48-54,57-31-12-4-13-32-57)58-33-14-5-15-34-58)74(60-46-55(51-25-8-2-9-26-51)45-56(47-60)52-27-10-3-11-28-52)72-68-39-21-19-37-63(68)62-36-18-20-38-67(62)71(72)66-40-22-30-53-29-16-17-35-61(53)66/h1-49H. The van der Waals surface area contributed by atoms with Crippen LogP contribution in [0, 0.1) is 0 Å². The number of fused-ring (bicyclic) bond motifs is 7. The van der Waals surface area contributed by atoms with Crippen molar-refractivity contribution < 1.29 is 0 Å². The number of hydrogen-bond donors (Lipinski definition) is 0. The van der Waals surface area contributed by atoms with Crippen LogP contribution >= 0.6 is 0 Å². The van der Waals surface area contributed by atoms with Crippen LogP contribution in [0.3, 0.4) is 0 Å². The van der Waals surface area contributed by atoms with Gasteiger partial charge in [0.1, 0.15) is 0 Å². The molecular weight excluding hydrogens is 891 g/mol. The van der Waals surface area contributed by atoms with Gasteiger partial charge in [0, 0.05) is 22.3 Å². The van der Waals surface area contributed by atoms with Gasteiger partial charge in [-0.3, -0.25) is 0 Å². The lowest BCUT2D eigenvalue weighted by Crippen LogP contribution is -2.29. The van der Waals surface area contributed by atoms with Gasteiger partial charge in [0.15, 0.2) is 0 Å². The Labute approximate surface area is 432 Å². The van der Waals surface area contributed by atoms with E-state index in [-0.39, 0.29) is 0 Å². The van der Waals surface area contributed by atoms with Crippen LogP contribution in [-0.4, -0.2) is 0 Å². The summed E-state index contributed by atoms with van der Waals surface area (Å²) in [5.41, 5.74) is 19.5. The van der Waals surface area contributed by atoms with E-state index in [4.69, 9.17) is 0 Å². The molecule has 13 aromatic rings. The van der Waals surface area contributed by atoms with E-state index in [1.807, 2.05) is 0 Å². The molecule has 0 spiro atoms. The molecule has 0 fully saturated rings. The maximum absolute atomic E-state index is 2.60. The molecule has 1 nitrogen and oxygen atoms in total. The Morgan fingerprint density at radius 2 is 0.689 bits per heavy atom. The zero-order valence-electron chi connectivity index (χ0n) is 40.7. The Morgan fingerprint density at radius 1 is 0.243 bits per heavy atom. The highest BCUT2D eigenvalue weighted by atomic mass is 15.1. The summed E-state index contributed by atoms with van der Waals surface area (Å²) in [6.45, 7) is 0. The Hall–Kier alpha value is -9.56. The Balaban J connectivity index is 1.15. The summed E-state index contributed by atoms with van der Waals surface area (Å²) >= 11 is 0. The van der Waals surface area contributed by atoms with Gasteiger partial charge in [0.25, 0.3) is 0 Å². The lowest BCUT2D eigenvalue weighted by Gasteiger charge is -2.36. The molecule has 13 aromatic carbocycles. The fraction of sp³-hybridized carbons (Fsp3) is 0.0137. The van der Waals surface area contributed by atoms with Gasteiger partial charge < -0.3 is 4.90 Å². The van der Waals surface area contributed by atoms with Crippen LogP contribution < -0.4 is 4.90 Å². The van der Waals surface area contributed by atoms with Crippen LogP contribution in [0.25, 0.3) is 88.0 Å². The zero-order valence-corrected chi connectivity index (χ0v) is 40.7. The summed E-state index contributed by atoms with van der Waals surface area (Å²) in [4.78, 5) is 2.60. The second-order valence-corrected chi connectivity index (χ2v) is 19.5. The molecule has 0 aromatic heterocycles. The van der Waals surface area contributed by atoms with Crippen LogP contribution in [-0.2, 0) is 5.41 Å². The molecule has 0 atom stereocenters. The first-order valence-electron chi connectivity index (χ1n) is 25.7. The van der Waals surface area contributed by atoms with E-state index in [1.54, 1.807) is 0 Å². The Morgan fingerprint density at radius 3 is 1.28 bits per heavy atom. The van der Waals surface area contributed by atoms with Crippen molar-refractivity contribution in [2.24, 2.45) is 0 Å². The van der Waals surface area contributed by atoms with E-state index in [0.29, 0.717) is 0 Å². The molecule has 0 saturated carbocycles. The number of anilines is 3. The monoisotopic (exact) mass is 939 g/mol. The molecule has 1 heteroatoms. The molecule has 0 bridgehead atoms. The van der Waals surface area contributed by atoms with E-state index < -0.39 is 5.41 Å². The molecule has 0 heterocycles. The lowest BCUT2D eigenvalue weighted by molar-refractivity contribution is 0.768. The van der Waals surface area contributed by atoms with Crippen molar-refractivity contribution in [3.63, 3.8) is 0 Å². The van der Waals surface area contributed by atoms with Crippen LogP contribution in [0.15, 0.2) is 297 Å². The third kappa shape index (κ3) is 7.00. The van der Waals surface area contributed by atoms with Crippen molar-refractivity contribution in [2.75, 3.05) is 4.90 Å². The smallest absolute Gasteiger partial charge is 0.0714 e. The van der Waals surface area contributed by atoms with Crippen molar-refractivity contribution in [1.29, 1.82) is 0 Å². The van der Waals surface area contributed by atoms with E-state index in [2.05, 4.69) is 302 Å². The van der Waals surface area contributed by atoms with Gasteiger partial charge in [-0.05, 0) is 136 Å². The summed E-state index contributed by atoms with van der Waals surface area (Å²) < 4.78 is 0. The summed E-state index contributed by atoms with van der Waals surface area (Å²) in [5, 5.41) is 7.23. The van der Waals surface area contributed by atoms with Crippen LogP contribution in [0.5, 0.6) is 0 Å². The summed E-state index contributed by atoms with van der Waals surface area (Å²) in [6, 6.07) is 110. The highest BCUT2D eigenvalue weighted by molar-refractivity contribution is 6.24. The SMILES string of the molecule is c1ccc(-c2cc(-c3ccccc3)cc(N(c3ccc4c(c3)C(c3ccccc3)(c3ccccc3)c3cc(-c5ccccc5)ccc3-4)c3c(-c4cccc5ccccc45)c4ccccc4c4ccccc34)c2)cc1. The third-order valence-corrected chi connectivity index (χ3v) is 15.5. The van der Waals surface area contributed by atoms with Crippen LogP contribution in [0.4, 0.5) is 17.1 Å². The maximum Gasteiger partial charge on any atom is 0.0714 e. The minimum atomic E-state index is -0.662. The fourth-order valence-corrected chi connectivity index (χ4v) is 12.2. The first kappa shape index (κ1) is 43.2. The van der Waals surface area contributed by atoms with Crippen molar-refractivity contribution in [3.05, 3.63) is 320 Å². The zero-order chi connectivity index (χ0) is 49.0. The average molecular weight is 940 g/mol. The molecule has 1 aliphatic carbocycles. The molecule has 1 aliphatic rings. The van der Waals surface area contributed by atoms with Crippen molar-refractivity contribution in [2.45, 2.75) is 5.41 Å². The van der Waals surface area contributed by atoms with Gasteiger partial charge in [-0.2, -0.15) is 0 Å². The quantitative estimate of drug-likeness (QED) is 0.130. The van der Waals surface area contributed by atoms with Gasteiger partial charge in [-0.25, -0.2) is 0 Å². The molecular formula is C73H49N. The Bertz CT molecular complexity index is 4120. The van der Waals surface area contributed by atoms with E-state index in [0.717, 1.165) is 39.3 Å². The normalized spacial score (nSPS) is 12.4. The Kier molecular flexibility index (Phi) is 10.5. The molecule has 346 valence electrons. The van der Waals surface area contributed by atoms with E-state index in [1.165, 1.54) is 88.0 Å². The van der Waals surface area contributed by atoms with E-state index in [9.17, 15) is 0 Å². The van der Waals surface area contributed by atoms with E-state index >= 15 is 0 Å². The largest absolute Gasteiger partial charge is 0.309 e. The molecule has 0 amide bonds. The predicted molar refractivity (Wildman–Crippen MR) is 313 cm³/mol. The minimum absolute atomic E-state index is 0.662. The van der Waals surface area contributed by atoms with Gasteiger partial charge >= 0.3 is 0 Å². The van der Waals surface area contributed by atoms with Crippen molar-refractivity contribution >= 4 is 49.4 Å². The van der Waals surface area contributed by atoms with Crippen molar-refractivity contribution in [1.82, 2.24) is 0 Å². The van der Waals surface area contributed by atoms with Gasteiger partial charge in [-0.1, -0.05) is 261 Å². The minimum Gasteiger partial charge on any atom is -0.309 e. The summed E-state index contributed by atoms with van der Waals surface area (Å²) in [6.07, 6.45) is 0. The predicted octanol–water partition coefficient (Wildman–Crippen LogP) is 19.6. The summed E-state index contributed by atoms with van der Waals surface area (Å²) in [7, 11) is 0. The van der Waals surface area contributed by atoms with Crippen LogP contribution in [0.1, 0.15) is 22.3 Å². The fourth-order valence-electron chi connectivity index (χ4n) is 12.2. The topological polar surface area (TPSA) is 3.24 Å². The van der Waals surface area contributed by atoms with Gasteiger partial charge in [0.05, 0.1) is 11.1 Å². The maximum atomic E-state index is 2.60. The molecule has 0 saturated heterocycles. The van der Waals surface area contributed by atoms with Gasteiger partial charge in [0.2, 0.25) is 0 Å². The van der Waals surface area contributed by atoms with Crippen molar-refractivity contribution in [3.8, 4) is 55.6 Å². The molecule has 0 aliphatic heterocycles. The molecule has 74 heavy (non-hydrogen) atoms. The molecule has 14 rings (SSSR count). The van der Waals surface area contributed by atoms with Gasteiger partial charge in [-0.15, -0.1) is 0 Å². The lowest BCUT2D eigenvalue weighted by atomic mass is 9.67. The van der Waals surface area contributed by atoms with Crippen LogP contribution in [0.2, 0.25) is 0 Å².